The molecule has 0 amide bonds. The van der Waals surface area contributed by atoms with E-state index >= 15 is 0 Å². The van der Waals surface area contributed by atoms with Crippen LogP contribution in [0.15, 0.2) is 48.5 Å². The molecule has 0 atom stereocenters. The van der Waals surface area contributed by atoms with Gasteiger partial charge in [-0.25, -0.2) is 12.7 Å². The molecule has 1 fully saturated rings. The highest BCUT2D eigenvalue weighted by molar-refractivity contribution is 7.88. The van der Waals surface area contributed by atoms with E-state index in [0.29, 0.717) is 13.1 Å². The van der Waals surface area contributed by atoms with Crippen LogP contribution >= 0.6 is 0 Å². The Kier molecular flexibility index (Phi) is 6.19. The molecule has 146 valence electrons. The monoisotopic (exact) mass is 388 g/mol. The lowest BCUT2D eigenvalue weighted by Crippen LogP contribution is -2.41. The number of piperidine rings is 1. The lowest BCUT2D eigenvalue weighted by Gasteiger charge is -2.30. The predicted octanol–water partition coefficient (Wildman–Crippen LogP) is 3.22. The van der Waals surface area contributed by atoms with E-state index in [2.05, 4.69) is 55.4 Å². The van der Waals surface area contributed by atoms with Crippen LogP contribution in [-0.2, 0) is 16.6 Å². The lowest BCUT2D eigenvalue weighted by atomic mass is 9.99. The molecule has 2 aromatic rings. The Morgan fingerprint density at radius 3 is 2.26 bits per heavy atom. The summed E-state index contributed by atoms with van der Waals surface area (Å²) < 4.78 is 30.8. The van der Waals surface area contributed by atoms with Crippen LogP contribution < -0.4 is 4.74 Å². The van der Waals surface area contributed by atoms with Crippen molar-refractivity contribution in [2.45, 2.75) is 25.5 Å². The number of nitrogens with zero attached hydrogens (tertiary/aromatic N) is 2. The molecule has 5 nitrogen and oxygen atoms in total. The second-order valence-corrected chi connectivity index (χ2v) is 9.38. The van der Waals surface area contributed by atoms with Gasteiger partial charge in [0.15, 0.2) is 0 Å². The summed E-state index contributed by atoms with van der Waals surface area (Å²) in [5.41, 5.74) is 3.70. The van der Waals surface area contributed by atoms with Crippen LogP contribution in [0.25, 0.3) is 11.1 Å². The first kappa shape index (κ1) is 19.9. The van der Waals surface area contributed by atoms with Crippen LogP contribution in [0.3, 0.4) is 0 Å². The molecule has 0 spiro atoms. The maximum atomic E-state index is 11.6. The van der Waals surface area contributed by atoms with Gasteiger partial charge < -0.3 is 9.64 Å². The summed E-state index contributed by atoms with van der Waals surface area (Å²) >= 11 is 0. The Hall–Kier alpha value is -1.89. The molecule has 2 aromatic carbocycles. The van der Waals surface area contributed by atoms with Crippen LogP contribution in [0.4, 0.5) is 0 Å². The normalized spacial score (nSPS) is 16.6. The highest BCUT2D eigenvalue weighted by atomic mass is 32.2. The Labute approximate surface area is 162 Å². The van der Waals surface area contributed by atoms with Gasteiger partial charge in [-0.05, 0) is 55.8 Å². The number of sulfonamides is 1. The maximum absolute atomic E-state index is 11.6. The molecule has 3 rings (SSSR count). The van der Waals surface area contributed by atoms with Gasteiger partial charge in [0.1, 0.15) is 11.9 Å². The molecule has 27 heavy (non-hydrogen) atoms. The molecular weight excluding hydrogens is 360 g/mol. The Morgan fingerprint density at radius 2 is 1.67 bits per heavy atom. The van der Waals surface area contributed by atoms with Crippen LogP contribution in [0.1, 0.15) is 18.4 Å². The van der Waals surface area contributed by atoms with Crippen LogP contribution in [0, 0.1) is 0 Å². The van der Waals surface area contributed by atoms with Gasteiger partial charge in [-0.2, -0.15) is 0 Å². The molecule has 1 aliphatic heterocycles. The molecule has 1 saturated heterocycles. The highest BCUT2D eigenvalue weighted by Gasteiger charge is 2.25. The van der Waals surface area contributed by atoms with Gasteiger partial charge in [-0.15, -0.1) is 0 Å². The number of hydrogen-bond donors (Lipinski definition) is 0. The minimum Gasteiger partial charge on any atom is -0.490 e. The van der Waals surface area contributed by atoms with Crippen LogP contribution in [-0.4, -0.2) is 57.2 Å². The van der Waals surface area contributed by atoms with Crippen molar-refractivity contribution in [2.75, 3.05) is 33.4 Å². The van der Waals surface area contributed by atoms with E-state index in [0.717, 1.165) is 25.1 Å². The molecule has 0 aliphatic carbocycles. The van der Waals surface area contributed by atoms with Crippen molar-refractivity contribution in [2.24, 2.45) is 0 Å². The summed E-state index contributed by atoms with van der Waals surface area (Å²) in [6.45, 7) is 1.95. The van der Waals surface area contributed by atoms with E-state index < -0.39 is 10.0 Å². The van der Waals surface area contributed by atoms with Gasteiger partial charge >= 0.3 is 0 Å². The minimum absolute atomic E-state index is 0.0647. The van der Waals surface area contributed by atoms with E-state index in [1.54, 1.807) is 0 Å². The van der Waals surface area contributed by atoms with E-state index in [4.69, 9.17) is 4.74 Å². The number of rotatable bonds is 6. The van der Waals surface area contributed by atoms with Crippen molar-refractivity contribution in [3.63, 3.8) is 0 Å². The first-order valence-corrected chi connectivity index (χ1v) is 11.1. The number of ether oxygens (including phenoxy) is 1. The van der Waals surface area contributed by atoms with Crippen LogP contribution in [0.5, 0.6) is 5.75 Å². The first-order valence-electron chi connectivity index (χ1n) is 9.28. The predicted molar refractivity (Wildman–Crippen MR) is 109 cm³/mol. The maximum Gasteiger partial charge on any atom is 0.211 e. The molecule has 0 N–H and O–H groups in total. The van der Waals surface area contributed by atoms with Gasteiger partial charge in [0.2, 0.25) is 10.0 Å². The van der Waals surface area contributed by atoms with Crippen molar-refractivity contribution in [3.05, 3.63) is 54.1 Å². The standard InChI is InChI=1S/C21H28N2O3S/c1-22(2)16-18-6-4-5-7-21(18)17-8-10-19(11-9-17)26-20-12-14-23(15-13-20)27(3,24)25/h4-11,20H,12-16H2,1-3H3. The minimum atomic E-state index is -3.10. The van der Waals surface area contributed by atoms with Crippen molar-refractivity contribution in [1.82, 2.24) is 9.21 Å². The Bertz CT molecular complexity index is 855. The zero-order chi connectivity index (χ0) is 19.4. The molecule has 0 unspecified atom stereocenters. The average molecular weight is 389 g/mol. The van der Waals surface area contributed by atoms with Crippen molar-refractivity contribution in [3.8, 4) is 16.9 Å². The van der Waals surface area contributed by atoms with E-state index in [1.807, 2.05) is 12.1 Å². The highest BCUT2D eigenvalue weighted by Crippen LogP contribution is 2.27. The first-order chi connectivity index (χ1) is 12.8. The van der Waals surface area contributed by atoms with Crippen molar-refractivity contribution >= 4 is 10.0 Å². The van der Waals surface area contributed by atoms with Crippen molar-refractivity contribution < 1.29 is 13.2 Å². The second-order valence-electron chi connectivity index (χ2n) is 7.40. The van der Waals surface area contributed by atoms with Gasteiger partial charge in [0.05, 0.1) is 6.26 Å². The van der Waals surface area contributed by atoms with Gasteiger partial charge in [-0.1, -0.05) is 36.4 Å². The molecule has 0 saturated carbocycles. The molecule has 0 radical (unpaired) electrons. The summed E-state index contributed by atoms with van der Waals surface area (Å²) in [5.74, 6) is 0.835. The molecule has 6 heteroatoms. The zero-order valence-electron chi connectivity index (χ0n) is 16.3. The van der Waals surface area contributed by atoms with Gasteiger partial charge in [-0.3, -0.25) is 0 Å². The zero-order valence-corrected chi connectivity index (χ0v) is 17.1. The fourth-order valence-corrected chi connectivity index (χ4v) is 4.34. The quantitative estimate of drug-likeness (QED) is 0.762. The Balaban J connectivity index is 1.65. The third-order valence-electron chi connectivity index (χ3n) is 4.84. The lowest BCUT2D eigenvalue weighted by molar-refractivity contribution is 0.135. The fourth-order valence-electron chi connectivity index (χ4n) is 3.47. The van der Waals surface area contributed by atoms with E-state index in [9.17, 15) is 8.42 Å². The van der Waals surface area contributed by atoms with Gasteiger partial charge in [0.25, 0.3) is 0 Å². The summed E-state index contributed by atoms with van der Waals surface area (Å²) in [7, 11) is 1.05. The average Bonchev–Trinajstić information content (AvgIpc) is 2.62. The van der Waals surface area contributed by atoms with Crippen LogP contribution in [0.2, 0.25) is 0 Å². The molecule has 1 aliphatic rings. The van der Waals surface area contributed by atoms with E-state index in [1.165, 1.54) is 27.3 Å². The van der Waals surface area contributed by atoms with Gasteiger partial charge in [0, 0.05) is 19.6 Å². The van der Waals surface area contributed by atoms with Crippen molar-refractivity contribution in [1.29, 1.82) is 0 Å². The SMILES string of the molecule is CN(C)Cc1ccccc1-c1ccc(OC2CCN(S(C)(=O)=O)CC2)cc1. The third-order valence-corrected chi connectivity index (χ3v) is 6.15. The molecular formula is C21H28N2O3S. The fraction of sp³-hybridized carbons (Fsp3) is 0.429. The summed E-state index contributed by atoms with van der Waals surface area (Å²) in [6, 6.07) is 16.6. The molecule has 0 aromatic heterocycles. The molecule has 0 bridgehead atoms. The second kappa shape index (κ2) is 8.42. The smallest absolute Gasteiger partial charge is 0.211 e. The Morgan fingerprint density at radius 1 is 1.04 bits per heavy atom. The molecule has 1 heterocycles. The third kappa shape index (κ3) is 5.31. The van der Waals surface area contributed by atoms with E-state index in [-0.39, 0.29) is 6.10 Å². The number of benzene rings is 2. The topological polar surface area (TPSA) is 49.9 Å². The summed E-state index contributed by atoms with van der Waals surface area (Å²) in [5, 5.41) is 0. The summed E-state index contributed by atoms with van der Waals surface area (Å²) in [6.07, 6.45) is 2.78. The number of hydrogen-bond acceptors (Lipinski definition) is 4. The largest absolute Gasteiger partial charge is 0.490 e. The summed E-state index contributed by atoms with van der Waals surface area (Å²) in [4.78, 5) is 2.17.